The third-order valence-electron chi connectivity index (χ3n) is 0.580. The molecule has 0 aliphatic rings. The molecule has 1 nitrogen and oxygen atoms in total. The van der Waals surface area contributed by atoms with Crippen molar-refractivity contribution in [3.05, 3.63) is 30.3 Å². The Labute approximate surface area is 59.7 Å². The van der Waals surface area contributed by atoms with E-state index in [0.717, 1.165) is 6.20 Å². The van der Waals surface area contributed by atoms with Crippen molar-refractivity contribution in [1.29, 1.82) is 0 Å². The van der Waals surface area contributed by atoms with Crippen LogP contribution in [0, 0.1) is 12.0 Å². The topological polar surface area (TPSA) is 12.9 Å². The van der Waals surface area contributed by atoms with Gasteiger partial charge in [-0.05, 0) is 0 Å². The van der Waals surface area contributed by atoms with Gasteiger partial charge in [-0.2, -0.15) is 6.07 Å². The van der Waals surface area contributed by atoms with Gasteiger partial charge in [-0.3, -0.25) is 0 Å². The van der Waals surface area contributed by atoms with Crippen LogP contribution in [0.25, 0.3) is 0 Å². The molecule has 8 heavy (non-hydrogen) atoms. The summed E-state index contributed by atoms with van der Waals surface area (Å²) in [4.78, 5) is 3.38. The van der Waals surface area contributed by atoms with Gasteiger partial charge < -0.3 is 4.98 Å². The molecule has 0 unspecified atom stereocenters. The van der Waals surface area contributed by atoms with Crippen molar-refractivity contribution >= 4 is 0 Å². The minimum absolute atomic E-state index is 0. The molecule has 0 atom stereocenters. The monoisotopic (exact) mass is 160 g/mol. The predicted octanol–water partition coefficient (Wildman–Crippen LogP) is 1.02. The molecule has 0 aliphatic carbocycles. The largest absolute Gasteiger partial charge is 0.391 e. The van der Waals surface area contributed by atoms with E-state index >= 15 is 0 Å². The van der Waals surface area contributed by atoms with Crippen LogP contribution in [-0.2, 0) is 19.5 Å². The number of aromatic nitrogens is 1. The van der Waals surface area contributed by atoms with E-state index in [4.69, 9.17) is 0 Å². The number of pyridine rings is 1. The van der Waals surface area contributed by atoms with Gasteiger partial charge in [0.1, 0.15) is 0 Å². The van der Waals surface area contributed by atoms with Gasteiger partial charge in [0, 0.05) is 25.3 Å². The van der Waals surface area contributed by atoms with Crippen LogP contribution in [0.5, 0.6) is 0 Å². The van der Waals surface area contributed by atoms with E-state index in [0.29, 0.717) is 0 Å². The standard InChI is InChI=1S/C5H3FN.Zn/c6-5-2-1-3-7-4-5;/h1-2,4H;/q-1;. The van der Waals surface area contributed by atoms with E-state index in [9.17, 15) is 4.39 Å². The number of rotatable bonds is 0. The molecule has 1 heterocycles. The van der Waals surface area contributed by atoms with Crippen LogP contribution in [0.1, 0.15) is 0 Å². The van der Waals surface area contributed by atoms with E-state index in [1.165, 1.54) is 12.1 Å². The van der Waals surface area contributed by atoms with Crippen molar-refractivity contribution in [3.63, 3.8) is 0 Å². The molecule has 0 aliphatic heterocycles. The van der Waals surface area contributed by atoms with Gasteiger partial charge in [0.2, 0.25) is 0 Å². The number of hydrogen-bond acceptors (Lipinski definition) is 1. The fraction of sp³-hybridized carbons (Fsp3) is 0. The first kappa shape index (κ1) is 7.70. The van der Waals surface area contributed by atoms with Crippen molar-refractivity contribution in [2.75, 3.05) is 0 Å². The Kier molecular flexibility index (Phi) is 3.54. The Bertz CT molecular complexity index is 142. The summed E-state index contributed by atoms with van der Waals surface area (Å²) >= 11 is 0. The average molecular weight is 161 g/mol. The Hall–Kier alpha value is -0.297. The van der Waals surface area contributed by atoms with Crippen LogP contribution in [0.2, 0.25) is 0 Å². The molecular weight excluding hydrogens is 158 g/mol. The Morgan fingerprint density at radius 2 is 2.38 bits per heavy atom. The van der Waals surface area contributed by atoms with E-state index in [-0.39, 0.29) is 25.3 Å². The molecule has 0 bridgehead atoms. The minimum Gasteiger partial charge on any atom is -0.391 e. The second-order valence-electron chi connectivity index (χ2n) is 1.11. The maximum atomic E-state index is 11.8. The summed E-state index contributed by atoms with van der Waals surface area (Å²) < 4.78 is 11.8. The smallest absolute Gasteiger partial charge is 0.0326 e. The first-order valence-corrected chi connectivity index (χ1v) is 1.87. The minimum atomic E-state index is -0.321. The van der Waals surface area contributed by atoms with Crippen LogP contribution in [0.3, 0.4) is 0 Å². The van der Waals surface area contributed by atoms with Crippen LogP contribution in [-0.4, -0.2) is 4.98 Å². The molecule has 38 valence electrons. The Morgan fingerprint density at radius 3 is 2.62 bits per heavy atom. The van der Waals surface area contributed by atoms with Gasteiger partial charge in [-0.25, -0.2) is 4.39 Å². The summed E-state index contributed by atoms with van der Waals surface area (Å²) in [6.45, 7) is 0. The van der Waals surface area contributed by atoms with Crippen molar-refractivity contribution in [3.8, 4) is 0 Å². The fourth-order valence-electron chi connectivity index (χ4n) is 0.302. The molecule has 0 saturated heterocycles. The second kappa shape index (κ2) is 3.67. The van der Waals surface area contributed by atoms with E-state index in [1.807, 2.05) is 0 Å². The maximum Gasteiger partial charge on any atom is 0.0326 e. The van der Waals surface area contributed by atoms with E-state index < -0.39 is 0 Å². The molecule has 0 aromatic carbocycles. The molecule has 0 spiro atoms. The summed E-state index contributed by atoms with van der Waals surface area (Å²) in [6, 6.07) is 2.72. The molecule has 0 fully saturated rings. The van der Waals surface area contributed by atoms with Gasteiger partial charge in [0.15, 0.2) is 0 Å². The third-order valence-corrected chi connectivity index (χ3v) is 0.580. The van der Waals surface area contributed by atoms with E-state index in [2.05, 4.69) is 11.2 Å². The predicted molar refractivity (Wildman–Crippen MR) is 23.0 cm³/mol. The first-order valence-electron chi connectivity index (χ1n) is 1.87. The summed E-state index contributed by atoms with van der Waals surface area (Å²) in [5, 5.41) is 0. The summed E-state index contributed by atoms with van der Waals surface area (Å²) in [7, 11) is 0. The zero-order valence-electron chi connectivity index (χ0n) is 4.26. The van der Waals surface area contributed by atoms with Gasteiger partial charge in [0.05, 0.1) is 0 Å². The zero-order chi connectivity index (χ0) is 5.11. The molecule has 1 rings (SSSR count). The first-order chi connectivity index (χ1) is 3.39. The summed E-state index contributed by atoms with van der Waals surface area (Å²) in [5.74, 6) is -0.321. The fourth-order valence-corrected chi connectivity index (χ4v) is 0.302. The van der Waals surface area contributed by atoms with Crippen molar-refractivity contribution in [2.24, 2.45) is 0 Å². The van der Waals surface area contributed by atoms with Crippen LogP contribution in [0.4, 0.5) is 4.39 Å². The van der Waals surface area contributed by atoms with Crippen LogP contribution >= 0.6 is 0 Å². The van der Waals surface area contributed by atoms with Crippen LogP contribution < -0.4 is 0 Å². The second-order valence-corrected chi connectivity index (χ2v) is 1.11. The molecule has 0 radical (unpaired) electrons. The average Bonchev–Trinajstić information content (AvgIpc) is 1.69. The van der Waals surface area contributed by atoms with Crippen molar-refractivity contribution in [1.82, 2.24) is 4.98 Å². The SMILES string of the molecule is Fc1cc[c-]nc1.[Zn]. The third kappa shape index (κ3) is 2.13. The molecular formula is C5H3FNZn-. The van der Waals surface area contributed by atoms with Gasteiger partial charge in [-0.1, -0.05) is 12.4 Å². The Balaban J connectivity index is 0.000000490. The maximum absolute atomic E-state index is 11.8. The molecule has 0 saturated carbocycles. The van der Waals surface area contributed by atoms with Crippen molar-refractivity contribution in [2.45, 2.75) is 0 Å². The van der Waals surface area contributed by atoms with E-state index in [1.54, 1.807) is 0 Å². The molecule has 0 amide bonds. The van der Waals surface area contributed by atoms with Crippen LogP contribution in [0.15, 0.2) is 18.3 Å². The molecule has 1 aromatic heterocycles. The normalized spacial score (nSPS) is 7.62. The number of nitrogens with zero attached hydrogens (tertiary/aromatic N) is 1. The molecule has 0 N–H and O–H groups in total. The molecule has 1 aromatic rings. The van der Waals surface area contributed by atoms with Gasteiger partial charge in [0.25, 0.3) is 0 Å². The number of halogens is 1. The zero-order valence-corrected chi connectivity index (χ0v) is 7.23. The molecule has 3 heteroatoms. The summed E-state index contributed by atoms with van der Waals surface area (Å²) in [6.07, 6.45) is 3.55. The number of hydrogen-bond donors (Lipinski definition) is 0. The Morgan fingerprint density at radius 1 is 1.62 bits per heavy atom. The van der Waals surface area contributed by atoms with Gasteiger partial charge in [-0.15, -0.1) is 6.07 Å². The summed E-state index contributed by atoms with van der Waals surface area (Å²) in [5.41, 5.74) is 0. The quantitative estimate of drug-likeness (QED) is 0.409. The van der Waals surface area contributed by atoms with Gasteiger partial charge >= 0.3 is 0 Å². The van der Waals surface area contributed by atoms with Crippen molar-refractivity contribution < 1.29 is 23.9 Å².